The predicted octanol–water partition coefficient (Wildman–Crippen LogP) is 3.13. The van der Waals surface area contributed by atoms with Crippen molar-refractivity contribution in [2.24, 2.45) is 0 Å². The maximum atomic E-state index is 3.68. The van der Waals surface area contributed by atoms with E-state index >= 15 is 0 Å². The lowest BCUT2D eigenvalue weighted by molar-refractivity contribution is 0.357. The first-order chi connectivity index (χ1) is 6.37. The van der Waals surface area contributed by atoms with Crippen molar-refractivity contribution >= 4 is 11.3 Å². The molecule has 1 aromatic rings. The fourth-order valence-corrected chi connectivity index (χ4v) is 3.13. The molecule has 0 bridgehead atoms. The molecule has 0 spiro atoms. The average molecular weight is 195 g/mol. The first-order valence-electron chi connectivity index (χ1n) is 5.15. The molecule has 1 fully saturated rings. The Morgan fingerprint density at radius 3 is 3.08 bits per heavy atom. The van der Waals surface area contributed by atoms with Gasteiger partial charge in [0.1, 0.15) is 0 Å². The third kappa shape index (κ3) is 1.65. The molecule has 1 aliphatic heterocycles. The molecule has 0 radical (unpaired) electrons. The van der Waals surface area contributed by atoms with E-state index in [1.807, 2.05) is 11.3 Å². The Morgan fingerprint density at radius 2 is 2.54 bits per heavy atom. The van der Waals surface area contributed by atoms with Gasteiger partial charge in [-0.1, -0.05) is 13.3 Å². The second kappa shape index (κ2) is 3.81. The smallest absolute Gasteiger partial charge is 0.0443 e. The highest BCUT2D eigenvalue weighted by atomic mass is 32.1. The van der Waals surface area contributed by atoms with E-state index in [9.17, 15) is 0 Å². The minimum atomic E-state index is 0.328. The van der Waals surface area contributed by atoms with Crippen LogP contribution in [0.3, 0.4) is 0 Å². The lowest BCUT2D eigenvalue weighted by atomic mass is 9.86. The highest BCUT2D eigenvalue weighted by Crippen LogP contribution is 2.36. The molecule has 1 aromatic heterocycles. The lowest BCUT2D eigenvalue weighted by Gasteiger charge is -2.28. The third-order valence-electron chi connectivity index (χ3n) is 2.99. The van der Waals surface area contributed by atoms with Crippen molar-refractivity contribution in [1.82, 2.24) is 5.32 Å². The van der Waals surface area contributed by atoms with Gasteiger partial charge in [-0.3, -0.25) is 0 Å². The van der Waals surface area contributed by atoms with Gasteiger partial charge in [0.15, 0.2) is 0 Å². The van der Waals surface area contributed by atoms with E-state index in [1.54, 1.807) is 0 Å². The van der Waals surface area contributed by atoms with Crippen LogP contribution in [0.25, 0.3) is 0 Å². The van der Waals surface area contributed by atoms with Gasteiger partial charge in [0.2, 0.25) is 0 Å². The monoisotopic (exact) mass is 195 g/mol. The Bertz CT molecular complexity index is 247. The lowest BCUT2D eigenvalue weighted by Crippen LogP contribution is -2.36. The zero-order valence-electron chi connectivity index (χ0n) is 8.18. The van der Waals surface area contributed by atoms with E-state index in [-0.39, 0.29) is 0 Å². The minimum Gasteiger partial charge on any atom is -0.307 e. The largest absolute Gasteiger partial charge is 0.307 e. The Balaban J connectivity index is 2.22. The molecule has 0 aromatic carbocycles. The van der Waals surface area contributed by atoms with Gasteiger partial charge in [0, 0.05) is 5.54 Å². The van der Waals surface area contributed by atoms with Crippen molar-refractivity contribution < 1.29 is 0 Å². The molecule has 1 saturated heterocycles. The van der Waals surface area contributed by atoms with E-state index in [0.29, 0.717) is 5.54 Å². The summed E-state index contributed by atoms with van der Waals surface area (Å²) in [7, 11) is 0. The van der Waals surface area contributed by atoms with Crippen LogP contribution in [0, 0.1) is 0 Å². The van der Waals surface area contributed by atoms with Crippen LogP contribution in [0.2, 0.25) is 0 Å². The van der Waals surface area contributed by atoms with Gasteiger partial charge in [-0.2, -0.15) is 11.3 Å². The number of hydrogen-bond donors (Lipinski definition) is 1. The van der Waals surface area contributed by atoms with Gasteiger partial charge >= 0.3 is 0 Å². The first kappa shape index (κ1) is 9.22. The molecule has 1 N–H and O–H groups in total. The molecule has 2 heterocycles. The van der Waals surface area contributed by atoms with Gasteiger partial charge in [-0.15, -0.1) is 0 Å². The molecule has 1 nitrogen and oxygen atoms in total. The fourth-order valence-electron chi connectivity index (χ4n) is 2.37. The number of nitrogens with one attached hydrogen (secondary N) is 1. The Morgan fingerprint density at radius 1 is 1.62 bits per heavy atom. The molecular weight excluding hydrogens is 178 g/mol. The van der Waals surface area contributed by atoms with Crippen LogP contribution in [0.5, 0.6) is 0 Å². The summed E-state index contributed by atoms with van der Waals surface area (Å²) >= 11 is 1.81. The van der Waals surface area contributed by atoms with Crippen molar-refractivity contribution in [2.75, 3.05) is 6.54 Å². The van der Waals surface area contributed by atoms with Crippen LogP contribution in [0.15, 0.2) is 16.8 Å². The van der Waals surface area contributed by atoms with Crippen LogP contribution >= 0.6 is 11.3 Å². The summed E-state index contributed by atoms with van der Waals surface area (Å²) in [4.78, 5) is 0. The molecule has 1 atom stereocenters. The SMILES string of the molecule is CCCC1(c2ccsc2)CCCN1. The molecule has 0 aliphatic carbocycles. The predicted molar refractivity (Wildman–Crippen MR) is 58.1 cm³/mol. The Labute approximate surface area is 84.2 Å². The Kier molecular flexibility index (Phi) is 2.70. The van der Waals surface area contributed by atoms with E-state index in [0.717, 1.165) is 0 Å². The van der Waals surface area contributed by atoms with Crippen molar-refractivity contribution in [3.8, 4) is 0 Å². The quantitative estimate of drug-likeness (QED) is 0.781. The summed E-state index contributed by atoms with van der Waals surface area (Å²) in [5.41, 5.74) is 1.84. The van der Waals surface area contributed by atoms with Crippen LogP contribution in [-0.4, -0.2) is 6.54 Å². The highest BCUT2D eigenvalue weighted by Gasteiger charge is 2.34. The standard InChI is InChI=1S/C11H17NS/c1-2-5-11(6-3-7-12-11)10-4-8-13-9-10/h4,8-9,12H,2-3,5-7H2,1H3. The molecule has 13 heavy (non-hydrogen) atoms. The maximum absolute atomic E-state index is 3.68. The topological polar surface area (TPSA) is 12.0 Å². The molecule has 72 valence electrons. The van der Waals surface area contributed by atoms with Crippen molar-refractivity contribution in [1.29, 1.82) is 0 Å². The first-order valence-corrected chi connectivity index (χ1v) is 6.09. The summed E-state index contributed by atoms with van der Waals surface area (Å²) in [6.45, 7) is 3.46. The van der Waals surface area contributed by atoms with Crippen LogP contribution in [0.1, 0.15) is 38.2 Å². The van der Waals surface area contributed by atoms with E-state index in [4.69, 9.17) is 0 Å². The van der Waals surface area contributed by atoms with Crippen molar-refractivity contribution in [3.63, 3.8) is 0 Å². The highest BCUT2D eigenvalue weighted by molar-refractivity contribution is 7.08. The summed E-state index contributed by atoms with van der Waals surface area (Å²) in [6.07, 6.45) is 5.19. The fraction of sp³-hybridized carbons (Fsp3) is 0.636. The van der Waals surface area contributed by atoms with E-state index in [2.05, 4.69) is 29.1 Å². The van der Waals surface area contributed by atoms with Crippen LogP contribution in [-0.2, 0) is 5.54 Å². The van der Waals surface area contributed by atoms with Crippen LogP contribution in [0.4, 0.5) is 0 Å². The maximum Gasteiger partial charge on any atom is 0.0443 e. The molecular formula is C11H17NS. The van der Waals surface area contributed by atoms with Gasteiger partial charge in [0.25, 0.3) is 0 Å². The van der Waals surface area contributed by atoms with Gasteiger partial charge < -0.3 is 5.32 Å². The molecule has 1 unspecified atom stereocenters. The molecule has 0 saturated carbocycles. The number of rotatable bonds is 3. The zero-order valence-corrected chi connectivity index (χ0v) is 8.99. The number of hydrogen-bond acceptors (Lipinski definition) is 2. The zero-order chi connectivity index (χ0) is 9.15. The van der Waals surface area contributed by atoms with Gasteiger partial charge in [0.05, 0.1) is 0 Å². The summed E-state index contributed by atoms with van der Waals surface area (Å²) in [5.74, 6) is 0. The minimum absolute atomic E-state index is 0.328. The van der Waals surface area contributed by atoms with E-state index in [1.165, 1.54) is 37.8 Å². The normalized spacial score (nSPS) is 28.1. The van der Waals surface area contributed by atoms with Crippen molar-refractivity contribution in [3.05, 3.63) is 22.4 Å². The Hall–Kier alpha value is -0.340. The molecule has 2 heteroatoms. The third-order valence-corrected chi connectivity index (χ3v) is 3.68. The second-order valence-corrected chi connectivity index (χ2v) is 4.65. The molecule has 2 rings (SSSR count). The van der Waals surface area contributed by atoms with Crippen LogP contribution < -0.4 is 5.32 Å². The van der Waals surface area contributed by atoms with Gasteiger partial charge in [-0.25, -0.2) is 0 Å². The average Bonchev–Trinajstić information content (AvgIpc) is 2.73. The summed E-state index contributed by atoms with van der Waals surface area (Å²) in [5, 5.41) is 8.17. The summed E-state index contributed by atoms with van der Waals surface area (Å²) < 4.78 is 0. The van der Waals surface area contributed by atoms with Crippen molar-refractivity contribution in [2.45, 2.75) is 38.1 Å². The van der Waals surface area contributed by atoms with E-state index < -0.39 is 0 Å². The second-order valence-electron chi connectivity index (χ2n) is 3.87. The molecule has 0 amide bonds. The molecule has 1 aliphatic rings. The van der Waals surface area contributed by atoms with Gasteiger partial charge in [-0.05, 0) is 48.2 Å². The number of thiophene rings is 1. The summed E-state index contributed by atoms with van der Waals surface area (Å²) in [6, 6.07) is 2.28.